The first-order chi connectivity index (χ1) is 8.97. The van der Waals surface area contributed by atoms with Gasteiger partial charge in [0.15, 0.2) is 0 Å². The SMILES string of the molecule is CC(N)(CCCCOc1ccccc1CO)C(=O)O. The van der Waals surface area contributed by atoms with Gasteiger partial charge in [-0.1, -0.05) is 18.2 Å². The van der Waals surface area contributed by atoms with Crippen LogP contribution in [0.15, 0.2) is 24.3 Å². The van der Waals surface area contributed by atoms with Crippen LogP contribution in [0.1, 0.15) is 31.7 Å². The summed E-state index contributed by atoms with van der Waals surface area (Å²) in [5, 5.41) is 18.0. The molecule has 0 saturated heterocycles. The molecule has 0 bridgehead atoms. The third-order valence-electron chi connectivity index (χ3n) is 2.98. The average Bonchev–Trinajstić information content (AvgIpc) is 2.38. The van der Waals surface area contributed by atoms with Crippen molar-refractivity contribution in [1.82, 2.24) is 0 Å². The smallest absolute Gasteiger partial charge is 0.323 e. The molecule has 1 atom stereocenters. The number of carbonyl (C=O) groups is 1. The number of hydrogen-bond acceptors (Lipinski definition) is 4. The molecule has 0 aliphatic heterocycles. The Labute approximate surface area is 113 Å². The number of benzene rings is 1. The van der Waals surface area contributed by atoms with E-state index in [2.05, 4.69) is 0 Å². The number of nitrogens with two attached hydrogens (primary N) is 1. The number of aliphatic hydroxyl groups is 1. The van der Waals surface area contributed by atoms with Gasteiger partial charge in [0.2, 0.25) is 0 Å². The number of para-hydroxylation sites is 1. The summed E-state index contributed by atoms with van der Waals surface area (Å²) < 4.78 is 5.55. The fourth-order valence-electron chi connectivity index (χ4n) is 1.66. The van der Waals surface area contributed by atoms with Crippen LogP contribution < -0.4 is 10.5 Å². The molecule has 0 heterocycles. The van der Waals surface area contributed by atoms with Gasteiger partial charge in [-0.25, -0.2) is 0 Å². The predicted octanol–water partition coefficient (Wildman–Crippen LogP) is 1.53. The highest BCUT2D eigenvalue weighted by Crippen LogP contribution is 2.18. The second kappa shape index (κ2) is 7.11. The maximum absolute atomic E-state index is 10.8. The van der Waals surface area contributed by atoms with Crippen molar-refractivity contribution in [2.45, 2.75) is 38.3 Å². The summed E-state index contributed by atoms with van der Waals surface area (Å²) in [6.07, 6.45) is 1.81. The molecule has 0 aliphatic carbocycles. The zero-order valence-electron chi connectivity index (χ0n) is 11.1. The lowest BCUT2D eigenvalue weighted by Gasteiger charge is -2.18. The molecule has 5 heteroatoms. The Morgan fingerprint density at radius 3 is 2.68 bits per heavy atom. The molecule has 1 unspecified atom stereocenters. The molecule has 0 spiro atoms. The molecule has 19 heavy (non-hydrogen) atoms. The molecule has 0 aliphatic rings. The fourth-order valence-corrected chi connectivity index (χ4v) is 1.66. The van der Waals surface area contributed by atoms with Crippen LogP contribution in [0.2, 0.25) is 0 Å². The number of carboxylic acid groups (broad SMARTS) is 1. The number of aliphatic carboxylic acids is 1. The van der Waals surface area contributed by atoms with Crippen molar-refractivity contribution in [3.63, 3.8) is 0 Å². The molecule has 0 amide bonds. The molecule has 1 rings (SSSR count). The molecule has 0 saturated carbocycles. The van der Waals surface area contributed by atoms with E-state index < -0.39 is 11.5 Å². The standard InChI is InChI=1S/C14H21NO4/c1-14(15,13(17)18)8-4-5-9-19-12-7-3-2-6-11(12)10-16/h2-3,6-7,16H,4-5,8-10,15H2,1H3,(H,17,18). The van der Waals surface area contributed by atoms with Crippen molar-refractivity contribution < 1.29 is 19.7 Å². The Kier molecular flexibility index (Phi) is 5.79. The zero-order chi connectivity index (χ0) is 14.3. The number of unbranched alkanes of at least 4 members (excludes halogenated alkanes) is 1. The molecule has 1 aromatic rings. The first-order valence-corrected chi connectivity index (χ1v) is 6.31. The number of rotatable bonds is 8. The molecule has 4 N–H and O–H groups in total. The quantitative estimate of drug-likeness (QED) is 0.621. The Bertz CT molecular complexity index is 418. The van der Waals surface area contributed by atoms with Crippen LogP contribution in [0.3, 0.4) is 0 Å². The monoisotopic (exact) mass is 267 g/mol. The molecule has 106 valence electrons. The topological polar surface area (TPSA) is 92.8 Å². The van der Waals surface area contributed by atoms with Gasteiger partial charge in [0.05, 0.1) is 13.2 Å². The highest BCUT2D eigenvalue weighted by Gasteiger charge is 2.26. The highest BCUT2D eigenvalue weighted by atomic mass is 16.5. The summed E-state index contributed by atoms with van der Waals surface area (Å²) >= 11 is 0. The van der Waals surface area contributed by atoms with E-state index in [1.54, 1.807) is 12.1 Å². The molecule has 1 aromatic carbocycles. The lowest BCUT2D eigenvalue weighted by molar-refractivity contribution is -0.142. The van der Waals surface area contributed by atoms with E-state index in [0.717, 1.165) is 12.0 Å². The lowest BCUT2D eigenvalue weighted by atomic mass is 9.97. The van der Waals surface area contributed by atoms with Crippen molar-refractivity contribution in [3.05, 3.63) is 29.8 Å². The van der Waals surface area contributed by atoms with Gasteiger partial charge >= 0.3 is 5.97 Å². The average molecular weight is 267 g/mol. The van der Waals surface area contributed by atoms with Crippen LogP contribution in [0, 0.1) is 0 Å². The van der Waals surface area contributed by atoms with Crippen LogP contribution in [0.5, 0.6) is 5.75 Å². The van der Waals surface area contributed by atoms with E-state index >= 15 is 0 Å². The Balaban J connectivity index is 2.30. The summed E-state index contributed by atoms with van der Waals surface area (Å²) in [4.78, 5) is 10.8. The van der Waals surface area contributed by atoms with Crippen LogP contribution >= 0.6 is 0 Å². The zero-order valence-corrected chi connectivity index (χ0v) is 11.1. The van der Waals surface area contributed by atoms with E-state index in [4.69, 9.17) is 20.7 Å². The van der Waals surface area contributed by atoms with Gasteiger partial charge in [-0.3, -0.25) is 4.79 Å². The van der Waals surface area contributed by atoms with E-state index in [0.29, 0.717) is 25.2 Å². The van der Waals surface area contributed by atoms with Gasteiger partial charge in [0, 0.05) is 5.56 Å². The summed E-state index contributed by atoms with van der Waals surface area (Å²) in [7, 11) is 0. The predicted molar refractivity (Wildman–Crippen MR) is 71.9 cm³/mol. The lowest BCUT2D eigenvalue weighted by Crippen LogP contribution is -2.44. The summed E-state index contributed by atoms with van der Waals surface area (Å²) in [6, 6.07) is 7.29. The van der Waals surface area contributed by atoms with Gasteiger partial charge in [-0.2, -0.15) is 0 Å². The normalized spacial score (nSPS) is 13.8. The molecule has 5 nitrogen and oxygen atoms in total. The third-order valence-corrected chi connectivity index (χ3v) is 2.98. The van der Waals surface area contributed by atoms with Crippen molar-refractivity contribution in [1.29, 1.82) is 0 Å². The van der Waals surface area contributed by atoms with Gasteiger partial charge in [-0.05, 0) is 32.3 Å². The number of aliphatic hydroxyl groups excluding tert-OH is 1. The fraction of sp³-hybridized carbons (Fsp3) is 0.500. The van der Waals surface area contributed by atoms with Crippen molar-refractivity contribution in [2.24, 2.45) is 5.73 Å². The van der Waals surface area contributed by atoms with Gasteiger partial charge < -0.3 is 20.7 Å². The minimum atomic E-state index is -1.18. The Morgan fingerprint density at radius 1 is 1.37 bits per heavy atom. The van der Waals surface area contributed by atoms with Crippen molar-refractivity contribution in [2.75, 3.05) is 6.61 Å². The number of hydrogen-bond donors (Lipinski definition) is 3. The van der Waals surface area contributed by atoms with E-state index in [1.165, 1.54) is 6.92 Å². The molecular weight excluding hydrogens is 246 g/mol. The van der Waals surface area contributed by atoms with Crippen LogP contribution in [0.25, 0.3) is 0 Å². The van der Waals surface area contributed by atoms with E-state index in [-0.39, 0.29) is 6.61 Å². The molecule has 0 radical (unpaired) electrons. The largest absolute Gasteiger partial charge is 0.493 e. The van der Waals surface area contributed by atoms with Crippen LogP contribution in [0.4, 0.5) is 0 Å². The van der Waals surface area contributed by atoms with E-state index in [1.807, 2.05) is 12.1 Å². The van der Waals surface area contributed by atoms with Gasteiger partial charge in [0.25, 0.3) is 0 Å². The minimum absolute atomic E-state index is 0.0595. The van der Waals surface area contributed by atoms with Gasteiger partial charge in [0.1, 0.15) is 11.3 Å². The molecular formula is C14H21NO4. The van der Waals surface area contributed by atoms with Crippen molar-refractivity contribution >= 4 is 5.97 Å². The first-order valence-electron chi connectivity index (χ1n) is 6.31. The van der Waals surface area contributed by atoms with Crippen LogP contribution in [-0.4, -0.2) is 28.3 Å². The van der Waals surface area contributed by atoms with Gasteiger partial charge in [-0.15, -0.1) is 0 Å². The maximum Gasteiger partial charge on any atom is 0.323 e. The molecule has 0 aromatic heterocycles. The third kappa shape index (κ3) is 4.89. The number of ether oxygens (including phenoxy) is 1. The summed E-state index contributed by atoms with van der Waals surface area (Å²) in [6.45, 7) is 1.93. The van der Waals surface area contributed by atoms with E-state index in [9.17, 15) is 4.79 Å². The summed E-state index contributed by atoms with van der Waals surface area (Å²) in [5.74, 6) is -0.321. The second-order valence-corrected chi connectivity index (χ2v) is 4.79. The maximum atomic E-state index is 10.8. The first kappa shape index (κ1) is 15.5. The number of carboxylic acids is 1. The highest BCUT2D eigenvalue weighted by molar-refractivity contribution is 5.77. The van der Waals surface area contributed by atoms with Crippen molar-refractivity contribution in [3.8, 4) is 5.75 Å². The Hall–Kier alpha value is -1.59. The molecule has 0 fully saturated rings. The minimum Gasteiger partial charge on any atom is -0.493 e. The van der Waals surface area contributed by atoms with Crippen LogP contribution in [-0.2, 0) is 11.4 Å². The summed E-state index contributed by atoms with van der Waals surface area (Å²) in [5.41, 5.74) is 5.19. The Morgan fingerprint density at radius 2 is 2.05 bits per heavy atom. The second-order valence-electron chi connectivity index (χ2n) is 4.79.